The van der Waals surface area contributed by atoms with Gasteiger partial charge < -0.3 is 24.4 Å². The zero-order valence-electron chi connectivity index (χ0n) is 21.6. The highest BCUT2D eigenvalue weighted by Gasteiger charge is 2.45. The van der Waals surface area contributed by atoms with Gasteiger partial charge in [-0.15, -0.1) is 0 Å². The molecule has 1 amide bonds. The van der Waals surface area contributed by atoms with E-state index in [9.17, 15) is 14.7 Å². The van der Waals surface area contributed by atoms with Crippen molar-refractivity contribution >= 4 is 17.4 Å². The number of aliphatic hydroxyl groups excluding tert-OH is 1. The lowest BCUT2D eigenvalue weighted by molar-refractivity contribution is -0.140. The van der Waals surface area contributed by atoms with Gasteiger partial charge in [-0.1, -0.05) is 52.0 Å². The van der Waals surface area contributed by atoms with E-state index in [0.717, 1.165) is 31.6 Å². The predicted octanol–water partition coefficient (Wildman–Crippen LogP) is 4.73. The van der Waals surface area contributed by atoms with E-state index in [4.69, 9.17) is 9.47 Å². The number of fused-ring (bicyclic) bond motifs is 1. The Morgan fingerprint density at radius 3 is 2.33 bits per heavy atom. The smallest absolute Gasteiger partial charge is 0.295 e. The number of amides is 1. The van der Waals surface area contributed by atoms with Gasteiger partial charge in [0.2, 0.25) is 0 Å². The monoisotopic (exact) mass is 492 g/mol. The molecule has 0 spiro atoms. The molecule has 2 aliphatic heterocycles. The molecule has 1 atom stereocenters. The lowest BCUT2D eigenvalue weighted by Crippen LogP contribution is -2.33. The second-order valence-corrected chi connectivity index (χ2v) is 9.55. The summed E-state index contributed by atoms with van der Waals surface area (Å²) in [6.07, 6.45) is 0.735. The van der Waals surface area contributed by atoms with E-state index >= 15 is 0 Å². The van der Waals surface area contributed by atoms with Crippen LogP contribution in [0.15, 0.2) is 48.0 Å². The van der Waals surface area contributed by atoms with Gasteiger partial charge in [0.15, 0.2) is 11.5 Å². The Kier molecular flexibility index (Phi) is 7.99. The maximum absolute atomic E-state index is 13.3. The van der Waals surface area contributed by atoms with Crippen LogP contribution in [0.25, 0.3) is 5.76 Å². The molecule has 2 heterocycles. The van der Waals surface area contributed by atoms with E-state index in [2.05, 4.69) is 32.6 Å². The van der Waals surface area contributed by atoms with Crippen molar-refractivity contribution in [3.05, 3.63) is 64.7 Å². The molecule has 7 nitrogen and oxygen atoms in total. The van der Waals surface area contributed by atoms with Gasteiger partial charge in [-0.25, -0.2) is 0 Å². The third-order valence-corrected chi connectivity index (χ3v) is 7.04. The first-order valence-corrected chi connectivity index (χ1v) is 12.9. The van der Waals surface area contributed by atoms with Crippen molar-refractivity contribution < 1.29 is 24.2 Å². The molecule has 7 heteroatoms. The van der Waals surface area contributed by atoms with E-state index in [1.807, 2.05) is 24.3 Å². The lowest BCUT2D eigenvalue weighted by atomic mass is 9.93. The second-order valence-electron chi connectivity index (χ2n) is 9.55. The van der Waals surface area contributed by atoms with Crippen LogP contribution in [-0.2, 0) is 9.59 Å². The number of nitrogens with zero attached hydrogens (tertiary/aromatic N) is 2. The molecule has 1 saturated heterocycles. The Labute approximate surface area is 213 Å². The highest BCUT2D eigenvalue weighted by Crippen LogP contribution is 2.41. The number of carbonyl (C=O) groups excluding carboxylic acids is 2. The summed E-state index contributed by atoms with van der Waals surface area (Å²) in [7, 11) is 0. The van der Waals surface area contributed by atoms with Crippen LogP contribution >= 0.6 is 0 Å². The first kappa shape index (κ1) is 25.8. The molecule has 1 fully saturated rings. The molecule has 0 aliphatic carbocycles. The van der Waals surface area contributed by atoms with Crippen LogP contribution in [0.5, 0.6) is 11.5 Å². The van der Waals surface area contributed by atoms with Crippen molar-refractivity contribution in [3.8, 4) is 11.5 Å². The minimum Gasteiger partial charge on any atom is -0.507 e. The highest BCUT2D eigenvalue weighted by atomic mass is 16.6. The van der Waals surface area contributed by atoms with Crippen molar-refractivity contribution in [2.45, 2.75) is 46.1 Å². The summed E-state index contributed by atoms with van der Waals surface area (Å²) in [5, 5.41) is 11.4. The summed E-state index contributed by atoms with van der Waals surface area (Å²) in [4.78, 5) is 30.4. The molecule has 0 aromatic heterocycles. The number of benzene rings is 2. The average Bonchev–Trinajstić information content (AvgIpc) is 3.15. The molecule has 1 N–H and O–H groups in total. The molecular weight excluding hydrogens is 456 g/mol. The van der Waals surface area contributed by atoms with E-state index in [1.54, 1.807) is 23.1 Å². The number of carbonyl (C=O) groups is 2. The summed E-state index contributed by atoms with van der Waals surface area (Å²) in [6, 6.07) is 12.4. The molecule has 2 aliphatic rings. The van der Waals surface area contributed by atoms with Gasteiger partial charge in [-0.2, -0.15) is 0 Å². The molecule has 192 valence electrons. The van der Waals surface area contributed by atoms with Crippen LogP contribution in [0, 0.1) is 0 Å². The fourth-order valence-corrected chi connectivity index (χ4v) is 4.87. The molecule has 0 saturated carbocycles. The van der Waals surface area contributed by atoms with E-state index in [-0.39, 0.29) is 11.3 Å². The number of rotatable bonds is 9. The molecular formula is C29H36N2O5. The normalized spacial score (nSPS) is 18.9. The second kappa shape index (κ2) is 11.2. The molecule has 36 heavy (non-hydrogen) atoms. The standard InChI is InChI=1S/C29H36N2O5/c1-5-30(6-2)14-7-15-31-26(21-10-8-20(9-11-21)19(3)4)25(28(33)29(31)34)27(32)22-12-13-23-24(18-22)36-17-16-35-23/h8-13,18-19,26,32H,5-7,14-17H2,1-4H3. The zero-order chi connectivity index (χ0) is 25.8. The Morgan fingerprint density at radius 1 is 1.03 bits per heavy atom. The molecule has 2 aromatic carbocycles. The van der Waals surface area contributed by atoms with Gasteiger partial charge in [0.1, 0.15) is 19.0 Å². The van der Waals surface area contributed by atoms with Gasteiger partial charge in [0.05, 0.1) is 11.6 Å². The number of likely N-dealkylation sites (tertiary alicyclic amines) is 1. The molecule has 2 aromatic rings. The first-order valence-electron chi connectivity index (χ1n) is 12.9. The van der Waals surface area contributed by atoms with E-state index in [1.165, 1.54) is 5.56 Å². The van der Waals surface area contributed by atoms with Gasteiger partial charge in [0, 0.05) is 12.1 Å². The number of hydrogen-bond acceptors (Lipinski definition) is 6. The summed E-state index contributed by atoms with van der Waals surface area (Å²) in [5.41, 5.74) is 2.51. The molecule has 0 radical (unpaired) electrons. The van der Waals surface area contributed by atoms with Crippen molar-refractivity contribution in [3.63, 3.8) is 0 Å². The molecule has 4 rings (SSSR count). The van der Waals surface area contributed by atoms with Gasteiger partial charge in [-0.3, -0.25) is 9.59 Å². The number of Topliss-reactive ketones (excluding diaryl/α,β-unsaturated/α-hetero) is 1. The highest BCUT2D eigenvalue weighted by molar-refractivity contribution is 6.46. The van der Waals surface area contributed by atoms with Crippen LogP contribution in [0.1, 0.15) is 62.8 Å². The van der Waals surface area contributed by atoms with Crippen LogP contribution in [0.4, 0.5) is 0 Å². The van der Waals surface area contributed by atoms with Gasteiger partial charge in [-0.05, 0) is 61.3 Å². The number of aliphatic hydroxyl groups is 1. The van der Waals surface area contributed by atoms with E-state index in [0.29, 0.717) is 42.7 Å². The third kappa shape index (κ3) is 5.12. The van der Waals surface area contributed by atoms with Crippen LogP contribution in [0.2, 0.25) is 0 Å². The summed E-state index contributed by atoms with van der Waals surface area (Å²) >= 11 is 0. The van der Waals surface area contributed by atoms with Crippen LogP contribution in [0.3, 0.4) is 0 Å². The van der Waals surface area contributed by atoms with Crippen molar-refractivity contribution in [1.29, 1.82) is 0 Å². The van der Waals surface area contributed by atoms with E-state index < -0.39 is 17.7 Å². The van der Waals surface area contributed by atoms with Gasteiger partial charge in [0.25, 0.3) is 11.7 Å². The number of hydrogen-bond donors (Lipinski definition) is 1. The minimum absolute atomic E-state index is 0.108. The zero-order valence-corrected chi connectivity index (χ0v) is 21.6. The third-order valence-electron chi connectivity index (χ3n) is 7.04. The predicted molar refractivity (Wildman–Crippen MR) is 139 cm³/mol. The van der Waals surface area contributed by atoms with Gasteiger partial charge >= 0.3 is 0 Å². The summed E-state index contributed by atoms with van der Waals surface area (Å²) in [5.74, 6) is 0.0218. The quantitative estimate of drug-likeness (QED) is 0.310. The van der Waals surface area contributed by atoms with Crippen molar-refractivity contribution in [2.24, 2.45) is 0 Å². The Morgan fingerprint density at radius 2 is 1.69 bits per heavy atom. The molecule has 0 bridgehead atoms. The van der Waals surface area contributed by atoms with Crippen molar-refractivity contribution in [1.82, 2.24) is 9.80 Å². The minimum atomic E-state index is -0.664. The fraction of sp³-hybridized carbons (Fsp3) is 0.448. The average molecular weight is 493 g/mol. The van der Waals surface area contributed by atoms with Crippen LogP contribution in [-0.4, -0.2) is 66.0 Å². The Hall–Kier alpha value is -3.32. The maximum Gasteiger partial charge on any atom is 0.295 e. The fourth-order valence-electron chi connectivity index (χ4n) is 4.87. The number of ketones is 1. The SMILES string of the molecule is CCN(CC)CCCN1C(=O)C(=O)C(=C(O)c2ccc3c(c2)OCCO3)C1c1ccc(C(C)C)cc1. The summed E-state index contributed by atoms with van der Waals surface area (Å²) < 4.78 is 11.2. The topological polar surface area (TPSA) is 79.3 Å². The largest absolute Gasteiger partial charge is 0.507 e. The first-order chi connectivity index (χ1) is 17.3. The lowest BCUT2D eigenvalue weighted by Gasteiger charge is -2.27. The van der Waals surface area contributed by atoms with Crippen molar-refractivity contribution in [2.75, 3.05) is 39.4 Å². The Bertz CT molecular complexity index is 1130. The Balaban J connectivity index is 1.74. The number of ether oxygens (including phenoxy) is 2. The maximum atomic E-state index is 13.3. The van der Waals surface area contributed by atoms with Crippen LogP contribution < -0.4 is 9.47 Å². The molecule has 1 unspecified atom stereocenters. The summed E-state index contributed by atoms with van der Waals surface area (Å²) in [6.45, 7) is 12.5.